The Morgan fingerprint density at radius 1 is 0.700 bits per heavy atom. The van der Waals surface area contributed by atoms with E-state index in [2.05, 4.69) is 20.8 Å². The molecule has 70 heavy (non-hydrogen) atoms. The van der Waals surface area contributed by atoms with E-state index in [0.29, 0.717) is 49.3 Å². The quantitative estimate of drug-likeness (QED) is 0.0777. The highest BCUT2D eigenvalue weighted by molar-refractivity contribution is 5.92. The molecule has 3 aromatic rings. The minimum Gasteiger partial charge on any atom is -0.508 e. The molecule has 3 heterocycles. The van der Waals surface area contributed by atoms with Crippen LogP contribution in [0.25, 0.3) is 17.1 Å². The molecule has 2 aromatic carbocycles. The van der Waals surface area contributed by atoms with Crippen molar-refractivity contribution < 1.29 is 64.2 Å². The number of carboxylic acid groups (broad SMARTS) is 4. The van der Waals surface area contributed by atoms with Crippen molar-refractivity contribution >= 4 is 41.6 Å². The minimum atomic E-state index is -1.22. The number of carbonyl (C=O) groups is 7. The lowest BCUT2D eigenvalue weighted by Gasteiger charge is -2.35. The Morgan fingerprint density at radius 3 is 1.74 bits per heavy atom. The van der Waals surface area contributed by atoms with Crippen LogP contribution in [0, 0.1) is 5.92 Å². The molecule has 0 bridgehead atoms. The Balaban J connectivity index is 1.15. The lowest BCUT2D eigenvalue weighted by atomic mass is 9.90. The molecule has 0 aliphatic carbocycles. The smallest absolute Gasteiger partial charge is 0.320 e. The van der Waals surface area contributed by atoms with Gasteiger partial charge in [-0.05, 0) is 73.8 Å². The monoisotopic (exact) mass is 978 g/mol. The number of nitrogens with zero attached hydrogens (tertiary/aromatic N) is 8. The average molecular weight is 979 g/mol. The predicted octanol–water partition coefficient (Wildman–Crippen LogP) is 0.825. The second-order valence-corrected chi connectivity index (χ2v) is 18.0. The van der Waals surface area contributed by atoms with Crippen LogP contribution in [-0.4, -0.2) is 216 Å². The number of piperidine rings is 1. The summed E-state index contributed by atoms with van der Waals surface area (Å²) in [6.45, 7) is 6.64. The molecule has 2 aliphatic rings. The molecule has 23 nitrogen and oxygen atoms in total. The number of aliphatic carboxylic acids is 4. The van der Waals surface area contributed by atoms with Gasteiger partial charge >= 0.3 is 23.9 Å². The van der Waals surface area contributed by atoms with Crippen molar-refractivity contribution in [2.24, 2.45) is 5.92 Å². The van der Waals surface area contributed by atoms with Gasteiger partial charge in [0.25, 0.3) is 5.91 Å². The minimum absolute atomic E-state index is 0.0244. The second kappa shape index (κ2) is 25.8. The van der Waals surface area contributed by atoms with Crippen LogP contribution in [0.15, 0.2) is 36.4 Å². The summed E-state index contributed by atoms with van der Waals surface area (Å²) >= 11 is 0. The van der Waals surface area contributed by atoms with Gasteiger partial charge in [-0.25, -0.2) is 0 Å². The normalized spacial score (nSPS) is 16.8. The van der Waals surface area contributed by atoms with Crippen molar-refractivity contribution in [3.63, 3.8) is 0 Å². The fourth-order valence-corrected chi connectivity index (χ4v) is 8.84. The molecule has 1 atom stereocenters. The second-order valence-electron chi connectivity index (χ2n) is 18.0. The molecule has 3 amide bonds. The molecular formula is C47H66N10O13. The standard InChI is InChI=1S/C47H66N10O13/c1-4-48-46(68)45-51-50-44(35-24-34(30(2)3)37(58)25-38(35)59)57(45)33-7-5-31(6-8-33)23-32-11-13-56(14-12-32)40(61)26-49-39(60)10-9-36(47(69)70)55-21-19-53(28-42(64)65)17-15-52(27-41(62)63)16-18-54(20-22-55)29-43(66)67/h5-8,24-25,30,32,36,58-59H,4,9-23,26-29H2,1-3H3,(H,48,68)(H,49,60)(H,62,63)(H,64,65)(H,66,67)(H,69,70). The molecule has 8 N–H and O–H groups in total. The lowest BCUT2D eigenvalue weighted by molar-refractivity contribution is -0.145. The fourth-order valence-electron chi connectivity index (χ4n) is 8.84. The first-order chi connectivity index (χ1) is 33.3. The molecule has 1 unspecified atom stereocenters. The van der Waals surface area contributed by atoms with Crippen LogP contribution in [0.2, 0.25) is 0 Å². The van der Waals surface area contributed by atoms with Crippen molar-refractivity contribution in [2.75, 3.05) is 98.2 Å². The van der Waals surface area contributed by atoms with Gasteiger partial charge in [0.15, 0.2) is 5.82 Å². The van der Waals surface area contributed by atoms with Gasteiger partial charge in [-0.3, -0.25) is 57.7 Å². The first kappa shape index (κ1) is 54.3. The maximum atomic E-state index is 13.2. The number of aromatic nitrogens is 3. The third-order valence-corrected chi connectivity index (χ3v) is 12.7. The zero-order chi connectivity index (χ0) is 51.1. The van der Waals surface area contributed by atoms with E-state index in [0.717, 1.165) is 12.0 Å². The van der Waals surface area contributed by atoms with Crippen LogP contribution in [0.1, 0.15) is 74.1 Å². The molecule has 2 aliphatic heterocycles. The van der Waals surface area contributed by atoms with Gasteiger partial charge in [0, 0.05) is 90.2 Å². The molecule has 5 rings (SSSR count). The Morgan fingerprint density at radius 2 is 1.24 bits per heavy atom. The third-order valence-electron chi connectivity index (χ3n) is 12.7. The van der Waals surface area contributed by atoms with Crippen molar-refractivity contribution in [2.45, 2.75) is 64.8 Å². The predicted molar refractivity (Wildman–Crippen MR) is 253 cm³/mol. The highest BCUT2D eigenvalue weighted by Gasteiger charge is 2.30. The fraction of sp³-hybridized carbons (Fsp3) is 0.553. The molecule has 23 heteroatoms. The summed E-state index contributed by atoms with van der Waals surface area (Å²) in [5.41, 5.74) is 2.50. The third kappa shape index (κ3) is 15.7. The summed E-state index contributed by atoms with van der Waals surface area (Å²) in [6.07, 6.45) is 1.77. The summed E-state index contributed by atoms with van der Waals surface area (Å²) in [5.74, 6) is -5.63. The highest BCUT2D eigenvalue weighted by Crippen LogP contribution is 2.38. The van der Waals surface area contributed by atoms with E-state index in [1.807, 2.05) is 38.1 Å². The van der Waals surface area contributed by atoms with Crippen molar-refractivity contribution in [1.29, 1.82) is 0 Å². The van der Waals surface area contributed by atoms with E-state index in [1.165, 1.54) is 6.07 Å². The number of benzene rings is 2. The largest absolute Gasteiger partial charge is 0.508 e. The highest BCUT2D eigenvalue weighted by atomic mass is 16.4. The van der Waals surface area contributed by atoms with Crippen molar-refractivity contribution in [1.82, 2.24) is 49.9 Å². The summed E-state index contributed by atoms with van der Waals surface area (Å²) in [5, 5.41) is 73.9. The number of hydrogen-bond donors (Lipinski definition) is 8. The maximum absolute atomic E-state index is 13.2. The van der Waals surface area contributed by atoms with E-state index in [1.54, 1.807) is 42.1 Å². The molecular weight excluding hydrogens is 913 g/mol. The van der Waals surface area contributed by atoms with E-state index >= 15 is 0 Å². The van der Waals surface area contributed by atoms with Gasteiger partial charge in [0.2, 0.25) is 17.6 Å². The molecule has 2 fully saturated rings. The van der Waals surface area contributed by atoms with Crippen molar-refractivity contribution in [3.05, 3.63) is 53.3 Å². The van der Waals surface area contributed by atoms with E-state index in [4.69, 9.17) is 0 Å². The van der Waals surface area contributed by atoms with E-state index in [9.17, 15) is 64.2 Å². The number of rotatable bonds is 20. The molecule has 0 spiro atoms. The van der Waals surface area contributed by atoms with Crippen LogP contribution in [0.5, 0.6) is 11.5 Å². The van der Waals surface area contributed by atoms with E-state index in [-0.39, 0.29) is 132 Å². The Labute approximate surface area is 405 Å². The number of likely N-dealkylation sites (tertiary alicyclic amines) is 1. The Hall–Kier alpha value is -6.69. The Bertz CT molecular complexity index is 2280. The van der Waals surface area contributed by atoms with Gasteiger partial charge < -0.3 is 46.2 Å². The summed E-state index contributed by atoms with van der Waals surface area (Å²) in [7, 11) is 0. The number of phenols is 2. The van der Waals surface area contributed by atoms with Gasteiger partial charge in [-0.15, -0.1) is 10.2 Å². The van der Waals surface area contributed by atoms with Crippen LogP contribution in [0.4, 0.5) is 0 Å². The molecule has 2 saturated heterocycles. The number of carbonyl (C=O) groups excluding carboxylic acids is 3. The van der Waals surface area contributed by atoms with E-state index < -0.39 is 41.7 Å². The topological polar surface area (TPSA) is 312 Å². The first-order valence-electron chi connectivity index (χ1n) is 23.6. The van der Waals surface area contributed by atoms with Gasteiger partial charge in [0.05, 0.1) is 31.7 Å². The maximum Gasteiger partial charge on any atom is 0.320 e. The Kier molecular flexibility index (Phi) is 20.0. The molecule has 382 valence electrons. The molecule has 0 saturated carbocycles. The van der Waals surface area contributed by atoms with Crippen LogP contribution < -0.4 is 10.6 Å². The van der Waals surface area contributed by atoms with Gasteiger partial charge in [-0.1, -0.05) is 26.0 Å². The van der Waals surface area contributed by atoms with Crippen LogP contribution in [-0.2, 0) is 35.2 Å². The summed E-state index contributed by atoms with van der Waals surface area (Å²) < 4.78 is 1.57. The number of hydrogen-bond acceptors (Lipinski definition) is 15. The molecule has 0 radical (unpaired) electrons. The zero-order valence-corrected chi connectivity index (χ0v) is 40.0. The number of phenolic OH excluding ortho intramolecular Hbond substituents is 2. The van der Waals surface area contributed by atoms with Crippen LogP contribution in [0.3, 0.4) is 0 Å². The molecule has 1 aromatic heterocycles. The SMILES string of the molecule is CCNC(=O)c1nnc(-c2cc(C(C)C)c(O)cc2O)n1-c1ccc(CC2CCN(C(=O)CNC(=O)CCC(C(=O)O)N3CCN(CC(=O)O)CCN(CC(=O)O)CCN(CC(=O)O)CC3)CC2)cc1. The van der Waals surface area contributed by atoms with Crippen LogP contribution >= 0.6 is 0 Å². The van der Waals surface area contributed by atoms with Gasteiger partial charge in [0.1, 0.15) is 17.5 Å². The number of nitrogens with one attached hydrogen (secondary N) is 2. The number of amides is 3. The average Bonchev–Trinajstić information content (AvgIpc) is 3.74. The lowest BCUT2D eigenvalue weighted by Crippen LogP contribution is -2.52. The number of aromatic hydroxyl groups is 2. The van der Waals surface area contributed by atoms with Gasteiger partial charge in [-0.2, -0.15) is 0 Å². The summed E-state index contributed by atoms with van der Waals surface area (Å²) in [6, 6.07) is 9.28. The first-order valence-corrected chi connectivity index (χ1v) is 23.6. The van der Waals surface area contributed by atoms with Crippen molar-refractivity contribution in [3.8, 4) is 28.6 Å². The number of carboxylic acids is 4. The zero-order valence-electron chi connectivity index (χ0n) is 40.0. The summed E-state index contributed by atoms with van der Waals surface area (Å²) in [4.78, 5) is 94.9.